The number of nitrogens with zero attached hydrogens (tertiary/aromatic N) is 2. The van der Waals surface area contributed by atoms with Crippen molar-refractivity contribution in [3.63, 3.8) is 0 Å². The highest BCUT2D eigenvalue weighted by Crippen LogP contribution is 2.25. The topological polar surface area (TPSA) is 49.9 Å². The largest absolute Gasteiger partial charge is 0.484 e. The van der Waals surface area contributed by atoms with Crippen LogP contribution >= 0.6 is 11.6 Å². The molecule has 1 heterocycles. The van der Waals surface area contributed by atoms with Gasteiger partial charge < -0.3 is 14.5 Å². The Hall–Kier alpha value is -1.75. The van der Waals surface area contributed by atoms with Crippen LogP contribution in [0.25, 0.3) is 0 Å². The lowest BCUT2D eigenvalue weighted by molar-refractivity contribution is -0.136. The number of amides is 2. The Balaban J connectivity index is 1.90. The first-order chi connectivity index (χ1) is 11.8. The van der Waals surface area contributed by atoms with Gasteiger partial charge in [-0.25, -0.2) is 0 Å². The molecule has 1 aromatic carbocycles. The highest BCUT2D eigenvalue weighted by molar-refractivity contribution is 6.32. The first-order valence-corrected chi connectivity index (χ1v) is 9.13. The molecule has 0 unspecified atom stereocenters. The maximum atomic E-state index is 12.4. The number of ether oxygens (including phenoxy) is 1. The molecule has 1 aromatic rings. The van der Waals surface area contributed by atoms with Crippen LogP contribution in [0.15, 0.2) is 12.1 Å². The molecule has 6 heteroatoms. The predicted molar refractivity (Wildman–Crippen MR) is 99.0 cm³/mol. The van der Waals surface area contributed by atoms with Gasteiger partial charge in [-0.15, -0.1) is 0 Å². The zero-order valence-corrected chi connectivity index (χ0v) is 16.2. The minimum absolute atomic E-state index is 0.00135. The van der Waals surface area contributed by atoms with E-state index in [0.29, 0.717) is 31.9 Å². The second-order valence-corrected chi connectivity index (χ2v) is 7.25. The lowest BCUT2D eigenvalue weighted by atomic mass is 10.1. The van der Waals surface area contributed by atoms with Crippen LogP contribution in [0.1, 0.15) is 31.4 Å². The van der Waals surface area contributed by atoms with Crippen molar-refractivity contribution in [1.82, 2.24) is 9.80 Å². The summed E-state index contributed by atoms with van der Waals surface area (Å²) >= 11 is 6.15. The Kier molecular flexibility index (Phi) is 6.71. The Morgan fingerprint density at radius 1 is 1.08 bits per heavy atom. The Morgan fingerprint density at radius 2 is 1.64 bits per heavy atom. The molecule has 0 saturated carbocycles. The number of carbonyl (C=O) groups is 2. The molecule has 0 spiro atoms. The van der Waals surface area contributed by atoms with E-state index >= 15 is 0 Å². The van der Waals surface area contributed by atoms with Gasteiger partial charge in [0.1, 0.15) is 5.75 Å². The number of benzene rings is 1. The number of rotatable bonds is 4. The van der Waals surface area contributed by atoms with Gasteiger partial charge in [-0.3, -0.25) is 9.59 Å². The lowest BCUT2D eigenvalue weighted by Crippen LogP contribution is -2.40. The molecular weight excluding hydrogens is 340 g/mol. The fraction of sp³-hybridized carbons (Fsp3) is 0.579. The molecule has 2 amide bonds. The van der Waals surface area contributed by atoms with Gasteiger partial charge in [-0.1, -0.05) is 25.4 Å². The summed E-state index contributed by atoms with van der Waals surface area (Å²) in [6.45, 7) is 10.1. The molecule has 5 nitrogen and oxygen atoms in total. The molecule has 0 radical (unpaired) electrons. The van der Waals surface area contributed by atoms with E-state index in [0.717, 1.165) is 22.6 Å². The SMILES string of the molecule is Cc1cc(OCC(=O)N2CCCN(C(=O)C(C)C)CC2)cc(C)c1Cl. The van der Waals surface area contributed by atoms with Crippen molar-refractivity contribution in [2.75, 3.05) is 32.8 Å². The summed E-state index contributed by atoms with van der Waals surface area (Å²) in [5.41, 5.74) is 1.86. The second-order valence-electron chi connectivity index (χ2n) is 6.87. The maximum absolute atomic E-state index is 12.4. The van der Waals surface area contributed by atoms with E-state index < -0.39 is 0 Å². The van der Waals surface area contributed by atoms with Gasteiger partial charge in [0.15, 0.2) is 6.61 Å². The Morgan fingerprint density at radius 3 is 2.24 bits per heavy atom. The molecule has 25 heavy (non-hydrogen) atoms. The monoisotopic (exact) mass is 366 g/mol. The molecule has 0 aromatic heterocycles. The van der Waals surface area contributed by atoms with E-state index in [1.54, 1.807) is 4.90 Å². The van der Waals surface area contributed by atoms with Crippen LogP contribution in [-0.2, 0) is 9.59 Å². The normalized spacial score (nSPS) is 15.3. The Labute approximate surface area is 154 Å². The molecule has 1 aliphatic rings. The van der Waals surface area contributed by atoms with Crippen LogP contribution < -0.4 is 4.74 Å². The van der Waals surface area contributed by atoms with E-state index in [4.69, 9.17) is 16.3 Å². The average molecular weight is 367 g/mol. The molecule has 2 rings (SSSR count). The average Bonchev–Trinajstić information content (AvgIpc) is 2.82. The number of halogens is 1. The van der Waals surface area contributed by atoms with Gasteiger partial charge in [0.2, 0.25) is 5.91 Å². The first-order valence-electron chi connectivity index (χ1n) is 8.75. The number of hydrogen-bond donors (Lipinski definition) is 0. The number of aryl methyl sites for hydroxylation is 2. The van der Waals surface area contributed by atoms with E-state index in [2.05, 4.69) is 0 Å². The minimum Gasteiger partial charge on any atom is -0.484 e. The van der Waals surface area contributed by atoms with E-state index in [1.165, 1.54) is 0 Å². The van der Waals surface area contributed by atoms with Gasteiger partial charge in [0, 0.05) is 37.1 Å². The summed E-state index contributed by atoms with van der Waals surface area (Å²) in [4.78, 5) is 28.2. The van der Waals surface area contributed by atoms with Gasteiger partial charge in [-0.05, 0) is 43.5 Å². The summed E-state index contributed by atoms with van der Waals surface area (Å²) in [5.74, 6) is 0.739. The van der Waals surface area contributed by atoms with Gasteiger partial charge in [0.05, 0.1) is 0 Å². The number of carbonyl (C=O) groups excluding carboxylic acids is 2. The zero-order valence-electron chi connectivity index (χ0n) is 15.5. The highest BCUT2D eigenvalue weighted by atomic mass is 35.5. The Bertz CT molecular complexity index is 623. The summed E-state index contributed by atoms with van der Waals surface area (Å²) in [5, 5.41) is 0.723. The number of hydrogen-bond acceptors (Lipinski definition) is 3. The van der Waals surface area contributed by atoms with Gasteiger partial charge in [0.25, 0.3) is 5.91 Å². The molecule has 1 aliphatic heterocycles. The smallest absolute Gasteiger partial charge is 0.260 e. The van der Waals surface area contributed by atoms with Crippen molar-refractivity contribution in [3.8, 4) is 5.75 Å². The van der Waals surface area contributed by atoms with Crippen LogP contribution in [0.3, 0.4) is 0 Å². The molecule has 0 N–H and O–H groups in total. The molecule has 138 valence electrons. The lowest BCUT2D eigenvalue weighted by Gasteiger charge is -2.23. The molecule has 0 atom stereocenters. The van der Waals surface area contributed by atoms with E-state index in [-0.39, 0.29) is 24.3 Å². The minimum atomic E-state index is -0.0518. The van der Waals surface area contributed by atoms with Crippen LogP contribution in [0, 0.1) is 19.8 Å². The fourth-order valence-corrected chi connectivity index (χ4v) is 3.09. The third kappa shape index (κ3) is 5.11. The zero-order chi connectivity index (χ0) is 18.6. The molecule has 1 saturated heterocycles. The second kappa shape index (κ2) is 8.56. The van der Waals surface area contributed by atoms with Crippen molar-refractivity contribution in [2.45, 2.75) is 34.1 Å². The van der Waals surface area contributed by atoms with E-state index in [1.807, 2.05) is 44.7 Å². The van der Waals surface area contributed by atoms with Crippen LogP contribution in [0.2, 0.25) is 5.02 Å². The van der Waals surface area contributed by atoms with Crippen LogP contribution in [0.5, 0.6) is 5.75 Å². The maximum Gasteiger partial charge on any atom is 0.260 e. The van der Waals surface area contributed by atoms with Gasteiger partial charge >= 0.3 is 0 Å². The van der Waals surface area contributed by atoms with Crippen molar-refractivity contribution < 1.29 is 14.3 Å². The molecule has 0 bridgehead atoms. The highest BCUT2D eigenvalue weighted by Gasteiger charge is 2.23. The summed E-state index contributed by atoms with van der Waals surface area (Å²) < 4.78 is 5.66. The molecule has 1 fully saturated rings. The summed E-state index contributed by atoms with van der Waals surface area (Å²) in [6.07, 6.45) is 0.795. The van der Waals surface area contributed by atoms with Crippen molar-refractivity contribution >= 4 is 23.4 Å². The van der Waals surface area contributed by atoms with Crippen LogP contribution in [-0.4, -0.2) is 54.4 Å². The van der Waals surface area contributed by atoms with Crippen molar-refractivity contribution in [2.24, 2.45) is 5.92 Å². The van der Waals surface area contributed by atoms with E-state index in [9.17, 15) is 9.59 Å². The standard InChI is InChI=1S/C19H27ClN2O3/c1-13(2)19(24)22-7-5-6-21(8-9-22)17(23)12-25-16-10-14(3)18(20)15(4)11-16/h10-11,13H,5-9,12H2,1-4H3. The summed E-state index contributed by atoms with van der Waals surface area (Å²) in [7, 11) is 0. The third-order valence-electron chi connectivity index (χ3n) is 4.43. The quantitative estimate of drug-likeness (QED) is 0.822. The molecule has 0 aliphatic carbocycles. The van der Waals surface area contributed by atoms with Crippen molar-refractivity contribution in [3.05, 3.63) is 28.3 Å². The predicted octanol–water partition coefficient (Wildman–Crippen LogP) is 3.05. The first kappa shape index (κ1) is 19.6. The fourth-order valence-electron chi connectivity index (χ4n) is 2.98. The summed E-state index contributed by atoms with van der Waals surface area (Å²) in [6, 6.07) is 3.68. The van der Waals surface area contributed by atoms with Crippen LogP contribution in [0.4, 0.5) is 0 Å². The van der Waals surface area contributed by atoms with Gasteiger partial charge in [-0.2, -0.15) is 0 Å². The third-order valence-corrected chi connectivity index (χ3v) is 5.02. The van der Waals surface area contributed by atoms with Crippen molar-refractivity contribution in [1.29, 1.82) is 0 Å². The molecular formula is C19H27ClN2O3.